The molecule has 0 aromatic rings. The van der Waals surface area contributed by atoms with Gasteiger partial charge < -0.3 is 15.3 Å². The van der Waals surface area contributed by atoms with Crippen molar-refractivity contribution in [2.75, 3.05) is 50.8 Å². The molecule has 0 saturated heterocycles. The van der Waals surface area contributed by atoms with Crippen LogP contribution >= 0.6 is 11.8 Å². The minimum absolute atomic E-state index is 0.322. The fourth-order valence-electron chi connectivity index (χ4n) is 1.32. The van der Waals surface area contributed by atoms with Gasteiger partial charge in [-0.25, -0.2) is 0 Å². The summed E-state index contributed by atoms with van der Waals surface area (Å²) in [5, 5.41) is 12.0. The van der Waals surface area contributed by atoms with Gasteiger partial charge in [0.15, 0.2) is 0 Å². The summed E-state index contributed by atoms with van der Waals surface area (Å²) in [6.07, 6.45) is 0.921. The molecule has 0 atom stereocenters. The zero-order valence-corrected chi connectivity index (χ0v) is 11.0. The van der Waals surface area contributed by atoms with E-state index in [1.165, 1.54) is 0 Å². The Hall–Kier alpha value is 0.230. The van der Waals surface area contributed by atoms with E-state index in [2.05, 4.69) is 24.1 Å². The summed E-state index contributed by atoms with van der Waals surface area (Å²) in [4.78, 5) is 2.42. The van der Waals surface area contributed by atoms with E-state index in [-0.39, 0.29) is 0 Å². The Morgan fingerprint density at radius 3 is 2.47 bits per heavy atom. The molecule has 0 radical (unpaired) electrons. The molecule has 0 fully saturated rings. The zero-order valence-electron chi connectivity index (χ0n) is 10.2. The van der Waals surface area contributed by atoms with E-state index in [0.29, 0.717) is 6.61 Å². The van der Waals surface area contributed by atoms with Gasteiger partial charge in [-0.1, -0.05) is 13.8 Å². The average molecular weight is 234 g/mol. The number of hydrogen-bond acceptors (Lipinski definition) is 4. The fraction of sp³-hybridized carbons (Fsp3) is 1.00. The van der Waals surface area contributed by atoms with Gasteiger partial charge in [0.1, 0.15) is 0 Å². The Kier molecular flexibility index (Phi) is 12.5. The van der Waals surface area contributed by atoms with Crippen LogP contribution in [-0.4, -0.2) is 60.8 Å². The van der Waals surface area contributed by atoms with Crippen molar-refractivity contribution in [2.24, 2.45) is 0 Å². The number of rotatable bonds is 11. The molecule has 0 amide bonds. The summed E-state index contributed by atoms with van der Waals surface area (Å²) < 4.78 is 0. The Morgan fingerprint density at radius 1 is 1.13 bits per heavy atom. The van der Waals surface area contributed by atoms with E-state index in [1.54, 1.807) is 0 Å². The molecule has 0 saturated carbocycles. The number of nitrogens with one attached hydrogen (secondary N) is 1. The van der Waals surface area contributed by atoms with E-state index < -0.39 is 0 Å². The molecule has 0 aromatic heterocycles. The van der Waals surface area contributed by atoms with Crippen LogP contribution in [0.3, 0.4) is 0 Å². The van der Waals surface area contributed by atoms with Gasteiger partial charge >= 0.3 is 0 Å². The summed E-state index contributed by atoms with van der Waals surface area (Å²) in [5.74, 6) is 2.23. The monoisotopic (exact) mass is 234 g/mol. The molecule has 92 valence electrons. The molecule has 0 heterocycles. The Balaban J connectivity index is 3.04. The van der Waals surface area contributed by atoms with E-state index in [9.17, 15) is 0 Å². The molecule has 0 rings (SSSR count). The summed E-state index contributed by atoms with van der Waals surface area (Å²) in [6.45, 7) is 10.3. The molecule has 0 unspecified atom stereocenters. The van der Waals surface area contributed by atoms with Crippen molar-refractivity contribution in [3.8, 4) is 0 Å². The van der Waals surface area contributed by atoms with E-state index >= 15 is 0 Å². The molecule has 0 aliphatic carbocycles. The van der Waals surface area contributed by atoms with Gasteiger partial charge in [0, 0.05) is 32.0 Å². The smallest absolute Gasteiger partial charge is 0.0438 e. The van der Waals surface area contributed by atoms with Crippen molar-refractivity contribution in [3.63, 3.8) is 0 Å². The van der Waals surface area contributed by atoms with Crippen LogP contribution in [-0.2, 0) is 0 Å². The van der Waals surface area contributed by atoms with Gasteiger partial charge in [0.2, 0.25) is 0 Å². The van der Waals surface area contributed by atoms with Crippen molar-refractivity contribution in [3.05, 3.63) is 0 Å². The van der Waals surface area contributed by atoms with Crippen LogP contribution in [0.25, 0.3) is 0 Å². The number of nitrogens with zero attached hydrogens (tertiary/aromatic N) is 1. The molecule has 0 aromatic carbocycles. The zero-order chi connectivity index (χ0) is 11.4. The predicted octanol–water partition coefficient (Wildman–Crippen LogP) is 1.03. The quantitative estimate of drug-likeness (QED) is 0.524. The average Bonchev–Trinajstić information content (AvgIpc) is 2.27. The number of thioether (sulfide) groups is 1. The topological polar surface area (TPSA) is 35.5 Å². The number of aliphatic hydroxyl groups excluding tert-OH is 1. The Labute approximate surface area is 98.6 Å². The summed E-state index contributed by atoms with van der Waals surface area (Å²) >= 11 is 1.91. The third-order valence-corrected chi connectivity index (χ3v) is 3.44. The van der Waals surface area contributed by atoms with Gasteiger partial charge in [0.05, 0.1) is 0 Å². The number of aliphatic hydroxyl groups is 1. The van der Waals surface area contributed by atoms with E-state index in [0.717, 1.165) is 50.7 Å². The van der Waals surface area contributed by atoms with Crippen LogP contribution in [0.1, 0.15) is 20.3 Å². The molecule has 4 heteroatoms. The van der Waals surface area contributed by atoms with E-state index in [1.807, 2.05) is 11.8 Å². The van der Waals surface area contributed by atoms with Gasteiger partial charge in [-0.2, -0.15) is 11.8 Å². The minimum atomic E-state index is 0.322. The lowest BCUT2D eigenvalue weighted by atomic mass is 10.4. The van der Waals surface area contributed by atoms with Crippen molar-refractivity contribution in [2.45, 2.75) is 20.3 Å². The Bertz CT molecular complexity index is 121. The van der Waals surface area contributed by atoms with Gasteiger partial charge in [-0.3, -0.25) is 0 Å². The molecule has 0 aliphatic rings. The van der Waals surface area contributed by atoms with Gasteiger partial charge in [-0.15, -0.1) is 0 Å². The van der Waals surface area contributed by atoms with Crippen molar-refractivity contribution in [1.29, 1.82) is 0 Å². The van der Waals surface area contributed by atoms with Gasteiger partial charge in [0.25, 0.3) is 0 Å². The highest BCUT2D eigenvalue weighted by atomic mass is 32.2. The predicted molar refractivity (Wildman–Crippen MR) is 69.7 cm³/mol. The third-order valence-electron chi connectivity index (χ3n) is 2.37. The van der Waals surface area contributed by atoms with Crippen LogP contribution in [0, 0.1) is 0 Å². The third kappa shape index (κ3) is 10.5. The second-order valence-electron chi connectivity index (χ2n) is 3.47. The molecule has 2 N–H and O–H groups in total. The van der Waals surface area contributed by atoms with Crippen LogP contribution in [0.2, 0.25) is 0 Å². The second-order valence-corrected chi connectivity index (χ2v) is 4.69. The minimum Gasteiger partial charge on any atom is -0.396 e. The van der Waals surface area contributed by atoms with Crippen LogP contribution in [0.4, 0.5) is 0 Å². The molecular formula is C11H26N2OS. The lowest BCUT2D eigenvalue weighted by Gasteiger charge is -2.17. The SMILES string of the molecule is CCN(CC)CCNCCSCCCO. The number of hydrogen-bond donors (Lipinski definition) is 2. The first kappa shape index (κ1) is 15.2. The second kappa shape index (κ2) is 12.3. The first-order valence-electron chi connectivity index (χ1n) is 5.96. The number of likely N-dealkylation sites (N-methyl/N-ethyl adjacent to an activating group) is 1. The van der Waals surface area contributed by atoms with Gasteiger partial charge in [-0.05, 0) is 25.3 Å². The van der Waals surface area contributed by atoms with Crippen LogP contribution in [0.5, 0.6) is 0 Å². The van der Waals surface area contributed by atoms with Crippen molar-refractivity contribution < 1.29 is 5.11 Å². The maximum atomic E-state index is 8.59. The molecule has 0 bridgehead atoms. The first-order chi connectivity index (χ1) is 7.35. The highest BCUT2D eigenvalue weighted by molar-refractivity contribution is 7.99. The molecular weight excluding hydrogens is 208 g/mol. The van der Waals surface area contributed by atoms with Crippen molar-refractivity contribution in [1.82, 2.24) is 10.2 Å². The molecule has 15 heavy (non-hydrogen) atoms. The standard InChI is InChI=1S/C11H26N2OS/c1-3-13(4-2)8-6-12-7-11-15-10-5-9-14/h12,14H,3-11H2,1-2H3. The Morgan fingerprint density at radius 2 is 1.87 bits per heavy atom. The largest absolute Gasteiger partial charge is 0.396 e. The first-order valence-corrected chi connectivity index (χ1v) is 7.12. The lowest BCUT2D eigenvalue weighted by molar-refractivity contribution is 0.296. The maximum absolute atomic E-state index is 8.59. The van der Waals surface area contributed by atoms with Crippen LogP contribution in [0.15, 0.2) is 0 Å². The lowest BCUT2D eigenvalue weighted by Crippen LogP contribution is -2.32. The summed E-state index contributed by atoms with van der Waals surface area (Å²) in [6, 6.07) is 0. The molecule has 0 spiro atoms. The molecule has 3 nitrogen and oxygen atoms in total. The summed E-state index contributed by atoms with van der Waals surface area (Å²) in [7, 11) is 0. The van der Waals surface area contributed by atoms with Crippen LogP contribution < -0.4 is 5.32 Å². The maximum Gasteiger partial charge on any atom is 0.0438 e. The highest BCUT2D eigenvalue weighted by Crippen LogP contribution is 1.99. The molecule has 0 aliphatic heterocycles. The van der Waals surface area contributed by atoms with E-state index in [4.69, 9.17) is 5.11 Å². The summed E-state index contributed by atoms with van der Waals surface area (Å²) in [5.41, 5.74) is 0. The highest BCUT2D eigenvalue weighted by Gasteiger charge is 1.96. The van der Waals surface area contributed by atoms with Crippen molar-refractivity contribution >= 4 is 11.8 Å². The fourth-order valence-corrected chi connectivity index (χ4v) is 2.14. The normalized spacial score (nSPS) is 11.2.